The minimum atomic E-state index is -0.482. The van der Waals surface area contributed by atoms with Gasteiger partial charge in [0.15, 0.2) is 0 Å². The fourth-order valence-corrected chi connectivity index (χ4v) is 5.94. The summed E-state index contributed by atoms with van der Waals surface area (Å²) in [7, 11) is 0. The van der Waals surface area contributed by atoms with Crippen molar-refractivity contribution >= 4 is 40.0 Å². The van der Waals surface area contributed by atoms with Crippen LogP contribution in [0.1, 0.15) is 61.8 Å². The molecule has 1 unspecified atom stereocenters. The van der Waals surface area contributed by atoms with Crippen LogP contribution in [-0.4, -0.2) is 75.2 Å². The highest BCUT2D eigenvalue weighted by molar-refractivity contribution is 9.10. The zero-order valence-corrected chi connectivity index (χ0v) is 27.1. The van der Waals surface area contributed by atoms with E-state index in [4.69, 9.17) is 21.3 Å². The number of aryl methyl sites for hydroxylation is 3. The Balaban J connectivity index is 0.000000283. The van der Waals surface area contributed by atoms with Crippen molar-refractivity contribution in [3.63, 3.8) is 0 Å². The lowest BCUT2D eigenvalue weighted by Crippen LogP contribution is -2.51. The van der Waals surface area contributed by atoms with Gasteiger partial charge in [-0.05, 0) is 91.4 Å². The van der Waals surface area contributed by atoms with Crippen LogP contribution in [0.15, 0.2) is 47.5 Å². The number of hydrogen-bond donors (Lipinski definition) is 1. The number of carbonyl (C=O) groups is 2. The van der Waals surface area contributed by atoms with E-state index in [-0.39, 0.29) is 12.1 Å². The number of fused-ring (bicyclic) bond motifs is 2. The number of nitrogens with one attached hydrogen (secondary N) is 1. The topological polar surface area (TPSA) is 92.6 Å². The van der Waals surface area contributed by atoms with Crippen LogP contribution in [-0.2, 0) is 35.3 Å². The van der Waals surface area contributed by atoms with Crippen molar-refractivity contribution < 1.29 is 14.3 Å². The Morgan fingerprint density at radius 1 is 1.14 bits per heavy atom. The van der Waals surface area contributed by atoms with Crippen LogP contribution in [0, 0.1) is 0 Å². The number of pyridine rings is 1. The number of aromatic nitrogens is 3. The van der Waals surface area contributed by atoms with Crippen LogP contribution in [0.2, 0.25) is 5.02 Å². The number of imidazole rings is 1. The Morgan fingerprint density at radius 3 is 2.57 bits per heavy atom. The summed E-state index contributed by atoms with van der Waals surface area (Å²) in [6.07, 6.45) is 8.70. The van der Waals surface area contributed by atoms with E-state index in [1.165, 1.54) is 16.7 Å². The first-order valence-electron chi connectivity index (χ1n) is 14.4. The minimum absolute atomic E-state index is 0.0589. The average molecular weight is 660 g/mol. The summed E-state index contributed by atoms with van der Waals surface area (Å²) < 4.78 is 8.61. The van der Waals surface area contributed by atoms with Gasteiger partial charge in [0.2, 0.25) is 6.41 Å². The molecule has 11 heteroatoms. The number of halogens is 2. The van der Waals surface area contributed by atoms with Gasteiger partial charge in [-0.3, -0.25) is 14.7 Å². The van der Waals surface area contributed by atoms with Crippen LogP contribution < -0.4 is 5.32 Å². The lowest BCUT2D eigenvalue weighted by atomic mass is 9.96. The number of amides is 2. The number of ether oxygens (including phenoxy) is 1. The molecule has 1 atom stereocenters. The van der Waals surface area contributed by atoms with E-state index in [9.17, 15) is 9.59 Å². The molecule has 1 aliphatic carbocycles. The third-order valence-corrected chi connectivity index (χ3v) is 8.04. The van der Waals surface area contributed by atoms with Crippen molar-refractivity contribution in [1.82, 2.24) is 29.7 Å². The average Bonchev–Trinajstić information content (AvgIpc) is 3.35. The second-order valence-electron chi connectivity index (χ2n) is 11.4. The maximum absolute atomic E-state index is 12.5. The van der Waals surface area contributed by atoms with Crippen molar-refractivity contribution in [2.75, 3.05) is 32.7 Å². The van der Waals surface area contributed by atoms with E-state index >= 15 is 0 Å². The first-order chi connectivity index (χ1) is 20.1. The number of hydrogen-bond acceptors (Lipinski definition) is 6. The molecule has 2 aromatic heterocycles. The van der Waals surface area contributed by atoms with Crippen LogP contribution in [0.5, 0.6) is 0 Å². The first kappa shape index (κ1) is 32.0. The summed E-state index contributed by atoms with van der Waals surface area (Å²) in [6.45, 7) is 12.2. The van der Waals surface area contributed by atoms with Crippen molar-refractivity contribution in [2.24, 2.45) is 0 Å². The van der Waals surface area contributed by atoms with Gasteiger partial charge >= 0.3 is 6.09 Å². The van der Waals surface area contributed by atoms with Crippen molar-refractivity contribution in [3.8, 4) is 0 Å². The van der Waals surface area contributed by atoms with Crippen LogP contribution in [0.3, 0.4) is 0 Å². The predicted molar refractivity (Wildman–Crippen MR) is 168 cm³/mol. The molecule has 0 radical (unpaired) electrons. The molecule has 2 amide bonds. The summed E-state index contributed by atoms with van der Waals surface area (Å²) in [6, 6.07) is 8.43. The Morgan fingerprint density at radius 2 is 1.88 bits per heavy atom. The molecule has 0 bridgehead atoms. The van der Waals surface area contributed by atoms with Gasteiger partial charge in [0, 0.05) is 73.3 Å². The van der Waals surface area contributed by atoms with Crippen LogP contribution in [0.25, 0.3) is 0 Å². The van der Waals surface area contributed by atoms with E-state index in [1.54, 1.807) is 11.2 Å². The zero-order valence-electron chi connectivity index (χ0n) is 24.8. The SMILES string of the molecule is CC(C)(C)OC(=O)N1CCN(C2c3ccc(Cl)cc3CCc3cc(Br)cnc32)CC1.CCn1cncc1CCNC=O. The Bertz CT molecular complexity index is 1310. The minimum Gasteiger partial charge on any atom is -0.444 e. The van der Waals surface area contributed by atoms with Gasteiger partial charge in [0.1, 0.15) is 5.60 Å². The molecule has 1 fully saturated rings. The summed E-state index contributed by atoms with van der Waals surface area (Å²) in [4.78, 5) is 35.5. The van der Waals surface area contributed by atoms with Gasteiger partial charge in [-0.1, -0.05) is 17.7 Å². The highest BCUT2D eigenvalue weighted by atomic mass is 79.9. The Labute approximate surface area is 261 Å². The molecule has 9 nitrogen and oxygen atoms in total. The standard InChI is InChI=1S/C23H27BrClN3O2.C8H13N3O/c1-23(2,3)30-22(29)28-10-8-27(9-11-28)21-19-7-6-18(25)13-15(19)4-5-16-12-17(24)14-26-20(16)21;1-2-11-6-10-5-8(11)3-4-9-7-12/h6-7,12-14,21H,4-5,8-11H2,1-3H3;5-7H,2-4H2,1H3,(H,9,12). The Hall–Kier alpha value is -2.95. The van der Waals surface area contributed by atoms with Crippen molar-refractivity contribution in [3.05, 3.63) is 80.6 Å². The summed E-state index contributed by atoms with van der Waals surface area (Å²) in [5.41, 5.74) is 5.58. The van der Waals surface area contributed by atoms with Gasteiger partial charge in [-0.25, -0.2) is 9.78 Å². The highest BCUT2D eigenvalue weighted by Gasteiger charge is 2.34. The van der Waals surface area contributed by atoms with Crippen molar-refractivity contribution in [1.29, 1.82) is 0 Å². The number of rotatable bonds is 6. The summed E-state index contributed by atoms with van der Waals surface area (Å²) in [5, 5.41) is 3.38. The first-order valence-corrected chi connectivity index (χ1v) is 15.6. The lowest BCUT2D eigenvalue weighted by molar-refractivity contribution is -0.109. The highest BCUT2D eigenvalue weighted by Crippen LogP contribution is 2.38. The van der Waals surface area contributed by atoms with Crippen molar-refractivity contribution in [2.45, 2.75) is 65.1 Å². The normalized spacial score (nSPS) is 16.8. The molecule has 3 aromatic rings. The third kappa shape index (κ3) is 8.33. The molecule has 5 rings (SSSR count). The maximum Gasteiger partial charge on any atom is 0.410 e. The number of carbonyl (C=O) groups excluding carboxylic acids is 2. The van der Waals surface area contributed by atoms with Gasteiger partial charge < -0.3 is 19.5 Å². The summed E-state index contributed by atoms with van der Waals surface area (Å²) >= 11 is 9.88. The second-order valence-corrected chi connectivity index (χ2v) is 12.8. The summed E-state index contributed by atoms with van der Waals surface area (Å²) in [5.74, 6) is 0. The molecule has 2 aliphatic rings. The quantitative estimate of drug-likeness (QED) is 0.280. The van der Waals surface area contributed by atoms with Crippen LogP contribution >= 0.6 is 27.5 Å². The molecular formula is C31H40BrClN6O3. The zero-order chi connectivity index (χ0) is 30.3. The lowest BCUT2D eigenvalue weighted by Gasteiger charge is -2.40. The van der Waals surface area contributed by atoms with E-state index < -0.39 is 5.60 Å². The molecule has 42 heavy (non-hydrogen) atoms. The van der Waals surface area contributed by atoms with E-state index in [0.29, 0.717) is 26.0 Å². The molecule has 1 aromatic carbocycles. The largest absolute Gasteiger partial charge is 0.444 e. The van der Waals surface area contributed by atoms with Gasteiger partial charge in [0.05, 0.1) is 18.1 Å². The molecule has 1 N–H and O–H groups in total. The van der Waals surface area contributed by atoms with Crippen LogP contribution in [0.4, 0.5) is 4.79 Å². The number of piperazine rings is 1. The molecule has 1 saturated heterocycles. The molecule has 3 heterocycles. The molecular weight excluding hydrogens is 620 g/mol. The third-order valence-electron chi connectivity index (χ3n) is 7.37. The van der Waals surface area contributed by atoms with Gasteiger partial charge in [0.25, 0.3) is 0 Å². The maximum atomic E-state index is 12.5. The van der Waals surface area contributed by atoms with E-state index in [0.717, 1.165) is 59.8 Å². The smallest absolute Gasteiger partial charge is 0.410 e. The molecule has 0 saturated carbocycles. The molecule has 1 aliphatic heterocycles. The fraction of sp³-hybridized carbons (Fsp3) is 0.484. The molecule has 226 valence electrons. The van der Waals surface area contributed by atoms with Gasteiger partial charge in [-0.2, -0.15) is 0 Å². The second kappa shape index (κ2) is 14.5. The van der Waals surface area contributed by atoms with E-state index in [1.807, 2.05) is 39.2 Å². The monoisotopic (exact) mass is 658 g/mol. The Kier molecular flexibility index (Phi) is 11.0. The van der Waals surface area contributed by atoms with Gasteiger partial charge in [-0.15, -0.1) is 0 Å². The van der Waals surface area contributed by atoms with E-state index in [2.05, 4.69) is 60.8 Å². The molecule has 0 spiro atoms. The predicted octanol–water partition coefficient (Wildman–Crippen LogP) is 5.43. The fourth-order valence-electron chi connectivity index (χ4n) is 5.37. The number of benzene rings is 1. The number of nitrogens with zero attached hydrogens (tertiary/aromatic N) is 5.